The molecule has 0 fully saturated rings. The second-order valence-corrected chi connectivity index (χ2v) is 3.30. The summed E-state index contributed by atoms with van der Waals surface area (Å²) >= 11 is 0. The number of allylic oxidation sites excluding steroid dienone is 1. The number of hydrogen-bond donors (Lipinski definition) is 1. The molecular formula is C12H11NO2. The normalized spacial score (nSPS) is 10.4. The second-order valence-electron chi connectivity index (χ2n) is 3.30. The molecule has 0 amide bonds. The fourth-order valence-corrected chi connectivity index (χ4v) is 1.71. The van der Waals surface area contributed by atoms with Gasteiger partial charge in [0.2, 0.25) is 0 Å². The molecular weight excluding hydrogens is 190 g/mol. The maximum atomic E-state index is 11.0. The first-order chi connectivity index (χ1) is 7.24. The van der Waals surface area contributed by atoms with Gasteiger partial charge in [0.15, 0.2) is 0 Å². The van der Waals surface area contributed by atoms with E-state index < -0.39 is 5.97 Å². The Morgan fingerprint density at radius 3 is 2.93 bits per heavy atom. The molecule has 0 saturated carbocycles. The maximum absolute atomic E-state index is 11.0. The minimum Gasteiger partial charge on any atom is -0.478 e. The van der Waals surface area contributed by atoms with Crippen LogP contribution in [0.4, 0.5) is 0 Å². The van der Waals surface area contributed by atoms with Gasteiger partial charge >= 0.3 is 5.97 Å². The van der Waals surface area contributed by atoms with Gasteiger partial charge in [0.05, 0.1) is 5.56 Å². The van der Waals surface area contributed by atoms with Crippen molar-refractivity contribution in [2.75, 3.05) is 0 Å². The fourth-order valence-electron chi connectivity index (χ4n) is 1.71. The van der Waals surface area contributed by atoms with Crippen molar-refractivity contribution in [1.29, 1.82) is 0 Å². The lowest BCUT2D eigenvalue weighted by Crippen LogP contribution is -1.97. The number of rotatable bonds is 3. The van der Waals surface area contributed by atoms with Crippen LogP contribution in [0.15, 0.2) is 43.1 Å². The number of nitrogens with zero attached hydrogens (tertiary/aromatic N) is 1. The standard InChI is InChI=1S/C12H11NO2/c1-2-7-13-8-6-9-10(12(14)15)4-3-5-11(9)13/h2-6,8H,1,7H2,(H,14,15). The molecule has 3 heteroatoms. The van der Waals surface area contributed by atoms with Crippen molar-refractivity contribution in [2.45, 2.75) is 6.54 Å². The molecule has 1 aromatic carbocycles. The molecule has 1 N–H and O–H groups in total. The molecule has 0 radical (unpaired) electrons. The lowest BCUT2D eigenvalue weighted by molar-refractivity contribution is 0.0699. The molecule has 76 valence electrons. The Hall–Kier alpha value is -2.03. The molecule has 0 bridgehead atoms. The van der Waals surface area contributed by atoms with E-state index in [1.807, 2.05) is 22.9 Å². The summed E-state index contributed by atoms with van der Waals surface area (Å²) in [6, 6.07) is 7.10. The molecule has 0 aliphatic heterocycles. The molecule has 3 nitrogen and oxygen atoms in total. The highest BCUT2D eigenvalue weighted by Gasteiger charge is 2.09. The average molecular weight is 201 g/mol. The smallest absolute Gasteiger partial charge is 0.336 e. The molecule has 0 aliphatic rings. The molecule has 0 unspecified atom stereocenters. The Balaban J connectivity index is 2.68. The average Bonchev–Trinajstić information content (AvgIpc) is 2.62. The van der Waals surface area contributed by atoms with Gasteiger partial charge in [-0.25, -0.2) is 4.79 Å². The molecule has 2 aromatic rings. The molecule has 0 spiro atoms. The molecule has 0 aliphatic carbocycles. The SMILES string of the molecule is C=CCn1ccc2c(C(=O)O)cccc21. The Labute approximate surface area is 87.3 Å². The zero-order valence-electron chi connectivity index (χ0n) is 8.18. The van der Waals surface area contributed by atoms with Gasteiger partial charge in [-0.15, -0.1) is 6.58 Å². The minimum absolute atomic E-state index is 0.343. The van der Waals surface area contributed by atoms with Gasteiger partial charge < -0.3 is 9.67 Å². The highest BCUT2D eigenvalue weighted by atomic mass is 16.4. The van der Waals surface area contributed by atoms with E-state index >= 15 is 0 Å². The third-order valence-corrected chi connectivity index (χ3v) is 2.37. The van der Waals surface area contributed by atoms with Crippen molar-refractivity contribution in [3.63, 3.8) is 0 Å². The van der Waals surface area contributed by atoms with Gasteiger partial charge in [-0.1, -0.05) is 12.1 Å². The second kappa shape index (κ2) is 3.61. The fraction of sp³-hybridized carbons (Fsp3) is 0.0833. The van der Waals surface area contributed by atoms with E-state index in [0.717, 1.165) is 10.9 Å². The number of hydrogen-bond acceptors (Lipinski definition) is 1. The van der Waals surface area contributed by atoms with Crippen LogP contribution in [0.5, 0.6) is 0 Å². The van der Waals surface area contributed by atoms with E-state index in [4.69, 9.17) is 5.11 Å². The Kier molecular flexibility index (Phi) is 2.29. The molecule has 2 rings (SSSR count). The van der Waals surface area contributed by atoms with E-state index in [1.54, 1.807) is 18.2 Å². The van der Waals surface area contributed by atoms with Crippen LogP contribution in [0.25, 0.3) is 10.9 Å². The first-order valence-corrected chi connectivity index (χ1v) is 4.66. The zero-order valence-corrected chi connectivity index (χ0v) is 8.18. The van der Waals surface area contributed by atoms with E-state index in [-0.39, 0.29) is 0 Å². The lowest BCUT2D eigenvalue weighted by Gasteiger charge is -2.01. The van der Waals surface area contributed by atoms with Crippen molar-refractivity contribution < 1.29 is 9.90 Å². The van der Waals surface area contributed by atoms with Crippen molar-refractivity contribution >= 4 is 16.9 Å². The predicted octanol–water partition coefficient (Wildman–Crippen LogP) is 2.53. The number of benzene rings is 1. The van der Waals surface area contributed by atoms with Crippen LogP contribution in [0.1, 0.15) is 10.4 Å². The summed E-state index contributed by atoms with van der Waals surface area (Å²) in [7, 11) is 0. The molecule has 0 atom stereocenters. The highest BCUT2D eigenvalue weighted by Crippen LogP contribution is 2.20. The quantitative estimate of drug-likeness (QED) is 0.775. The molecule has 1 aromatic heterocycles. The summed E-state index contributed by atoms with van der Waals surface area (Å²) in [5.41, 5.74) is 1.27. The first-order valence-electron chi connectivity index (χ1n) is 4.66. The number of carboxylic acids is 1. The number of carbonyl (C=O) groups is 1. The number of aromatic nitrogens is 1. The summed E-state index contributed by atoms with van der Waals surface area (Å²) in [5.74, 6) is -0.892. The van der Waals surface area contributed by atoms with Crippen LogP contribution in [0.3, 0.4) is 0 Å². The predicted molar refractivity (Wildman–Crippen MR) is 59.1 cm³/mol. The number of fused-ring (bicyclic) bond motifs is 1. The van der Waals surface area contributed by atoms with Crippen molar-refractivity contribution in [1.82, 2.24) is 4.57 Å². The topological polar surface area (TPSA) is 42.2 Å². The third-order valence-electron chi connectivity index (χ3n) is 2.37. The van der Waals surface area contributed by atoms with Gasteiger partial charge in [0, 0.05) is 23.6 Å². The summed E-state index contributed by atoms with van der Waals surface area (Å²) in [6.45, 7) is 4.35. The van der Waals surface area contributed by atoms with Crippen LogP contribution in [-0.4, -0.2) is 15.6 Å². The van der Waals surface area contributed by atoms with Crippen molar-refractivity contribution in [2.24, 2.45) is 0 Å². The maximum Gasteiger partial charge on any atom is 0.336 e. The van der Waals surface area contributed by atoms with E-state index in [9.17, 15) is 4.79 Å². The summed E-state index contributed by atoms with van der Waals surface area (Å²) in [6.07, 6.45) is 3.66. The van der Waals surface area contributed by atoms with Crippen LogP contribution in [0.2, 0.25) is 0 Å². The Bertz CT molecular complexity index is 525. The monoisotopic (exact) mass is 201 g/mol. The van der Waals surface area contributed by atoms with Crippen LogP contribution in [0, 0.1) is 0 Å². The Morgan fingerprint density at radius 1 is 1.47 bits per heavy atom. The first kappa shape index (κ1) is 9.52. The van der Waals surface area contributed by atoms with Gasteiger partial charge in [-0.3, -0.25) is 0 Å². The molecule has 0 saturated heterocycles. The van der Waals surface area contributed by atoms with E-state index in [2.05, 4.69) is 6.58 Å². The van der Waals surface area contributed by atoms with Gasteiger partial charge in [-0.05, 0) is 18.2 Å². The minimum atomic E-state index is -0.892. The van der Waals surface area contributed by atoms with Gasteiger partial charge in [0.25, 0.3) is 0 Å². The third kappa shape index (κ3) is 1.52. The number of carboxylic acid groups (broad SMARTS) is 1. The van der Waals surface area contributed by atoms with Crippen molar-refractivity contribution in [3.8, 4) is 0 Å². The van der Waals surface area contributed by atoms with Crippen LogP contribution >= 0.6 is 0 Å². The summed E-state index contributed by atoms with van der Waals surface area (Å²) in [4.78, 5) is 11.0. The van der Waals surface area contributed by atoms with Crippen LogP contribution < -0.4 is 0 Å². The van der Waals surface area contributed by atoms with E-state index in [0.29, 0.717) is 12.1 Å². The van der Waals surface area contributed by atoms with E-state index in [1.165, 1.54) is 0 Å². The number of aromatic carboxylic acids is 1. The van der Waals surface area contributed by atoms with Gasteiger partial charge in [-0.2, -0.15) is 0 Å². The Morgan fingerprint density at radius 2 is 2.27 bits per heavy atom. The molecule has 1 heterocycles. The van der Waals surface area contributed by atoms with Crippen LogP contribution in [-0.2, 0) is 6.54 Å². The van der Waals surface area contributed by atoms with Crippen molar-refractivity contribution in [3.05, 3.63) is 48.7 Å². The lowest BCUT2D eigenvalue weighted by atomic mass is 10.1. The zero-order chi connectivity index (χ0) is 10.8. The highest BCUT2D eigenvalue weighted by molar-refractivity contribution is 6.02. The summed E-state index contributed by atoms with van der Waals surface area (Å²) in [5, 5.41) is 9.76. The molecule has 15 heavy (non-hydrogen) atoms. The van der Waals surface area contributed by atoms with Gasteiger partial charge in [0.1, 0.15) is 0 Å². The summed E-state index contributed by atoms with van der Waals surface area (Å²) < 4.78 is 1.97. The largest absolute Gasteiger partial charge is 0.478 e.